The van der Waals surface area contributed by atoms with Gasteiger partial charge in [-0.2, -0.15) is 0 Å². The zero-order valence-corrected chi connectivity index (χ0v) is 12.8. The Labute approximate surface area is 129 Å². The summed E-state index contributed by atoms with van der Waals surface area (Å²) in [5.41, 5.74) is 1.82. The first-order valence-electron chi connectivity index (χ1n) is 5.93. The highest BCUT2D eigenvalue weighted by molar-refractivity contribution is 14.1. The molecule has 2 rings (SSSR count). The van der Waals surface area contributed by atoms with Gasteiger partial charge in [0.25, 0.3) is 5.69 Å². The van der Waals surface area contributed by atoms with Gasteiger partial charge < -0.3 is 5.32 Å². The molecule has 0 fully saturated rings. The summed E-state index contributed by atoms with van der Waals surface area (Å²) in [4.78, 5) is 10.3. The molecule has 0 radical (unpaired) electrons. The van der Waals surface area contributed by atoms with E-state index in [2.05, 4.69) is 27.9 Å². The maximum atomic E-state index is 12.9. The minimum Gasteiger partial charge on any atom is -0.378 e. The molecule has 0 heterocycles. The molecule has 2 aromatic carbocycles. The van der Waals surface area contributed by atoms with Crippen LogP contribution in [-0.2, 0) is 0 Å². The number of nitrogens with one attached hydrogen (secondary N) is 1. The van der Waals surface area contributed by atoms with Crippen LogP contribution < -0.4 is 5.32 Å². The smallest absolute Gasteiger partial charge is 0.270 e. The van der Waals surface area contributed by atoms with Crippen LogP contribution in [0.1, 0.15) is 18.5 Å². The highest BCUT2D eigenvalue weighted by atomic mass is 127. The highest BCUT2D eigenvalue weighted by Gasteiger charge is 2.11. The first-order chi connectivity index (χ1) is 9.47. The topological polar surface area (TPSA) is 55.2 Å². The molecule has 1 N–H and O–H groups in total. The van der Waals surface area contributed by atoms with Crippen molar-refractivity contribution in [3.05, 3.63) is 67.5 Å². The molecule has 104 valence electrons. The van der Waals surface area contributed by atoms with E-state index in [1.54, 1.807) is 18.2 Å². The normalized spacial score (nSPS) is 11.9. The fourth-order valence-corrected chi connectivity index (χ4v) is 2.46. The highest BCUT2D eigenvalue weighted by Crippen LogP contribution is 2.27. The zero-order valence-electron chi connectivity index (χ0n) is 10.6. The molecular formula is C14H12FIN2O2. The summed E-state index contributed by atoms with van der Waals surface area (Å²) in [6, 6.07) is 10.9. The van der Waals surface area contributed by atoms with E-state index in [9.17, 15) is 14.5 Å². The monoisotopic (exact) mass is 386 g/mol. The van der Waals surface area contributed by atoms with Gasteiger partial charge in [-0.15, -0.1) is 0 Å². The summed E-state index contributed by atoms with van der Waals surface area (Å²) in [7, 11) is 0. The van der Waals surface area contributed by atoms with Crippen LogP contribution in [0.2, 0.25) is 0 Å². The number of non-ortho nitro benzene ring substituents is 1. The van der Waals surface area contributed by atoms with Gasteiger partial charge in [0, 0.05) is 27.4 Å². The predicted molar refractivity (Wildman–Crippen MR) is 84.3 cm³/mol. The Morgan fingerprint density at radius 3 is 2.45 bits per heavy atom. The Balaban J connectivity index is 2.17. The number of halogens is 2. The molecule has 6 heteroatoms. The number of benzene rings is 2. The molecule has 20 heavy (non-hydrogen) atoms. The second kappa shape index (κ2) is 6.17. The first-order valence-corrected chi connectivity index (χ1v) is 7.01. The van der Waals surface area contributed by atoms with E-state index in [0.29, 0.717) is 0 Å². The van der Waals surface area contributed by atoms with Gasteiger partial charge in [0.2, 0.25) is 0 Å². The standard InChI is InChI=1S/C14H12FIN2O2/c1-9(10-2-4-11(15)5-3-10)17-14-7-6-12(18(19)20)8-13(14)16/h2-9,17H,1H3. The van der Waals surface area contributed by atoms with Gasteiger partial charge in [0.05, 0.1) is 4.92 Å². The summed E-state index contributed by atoms with van der Waals surface area (Å²) in [5.74, 6) is -0.272. The Kier molecular flexibility index (Phi) is 4.53. The zero-order chi connectivity index (χ0) is 14.7. The molecule has 0 aliphatic carbocycles. The van der Waals surface area contributed by atoms with Crippen molar-refractivity contribution in [2.45, 2.75) is 13.0 Å². The van der Waals surface area contributed by atoms with Gasteiger partial charge in [-0.25, -0.2) is 4.39 Å². The van der Waals surface area contributed by atoms with Crippen LogP contribution in [0.25, 0.3) is 0 Å². The van der Waals surface area contributed by atoms with E-state index >= 15 is 0 Å². The van der Waals surface area contributed by atoms with Crippen LogP contribution in [0.4, 0.5) is 15.8 Å². The van der Waals surface area contributed by atoms with Crippen LogP contribution >= 0.6 is 22.6 Å². The van der Waals surface area contributed by atoms with Gasteiger partial charge in [0.1, 0.15) is 5.82 Å². The van der Waals surface area contributed by atoms with Gasteiger partial charge in [-0.3, -0.25) is 10.1 Å². The van der Waals surface area contributed by atoms with Gasteiger partial charge in [0.15, 0.2) is 0 Å². The largest absolute Gasteiger partial charge is 0.378 e. The second-order valence-corrected chi connectivity index (χ2v) is 5.50. The summed E-state index contributed by atoms with van der Waals surface area (Å²) in [5, 5.41) is 13.9. The number of rotatable bonds is 4. The molecule has 0 amide bonds. The maximum Gasteiger partial charge on any atom is 0.270 e. The first kappa shape index (κ1) is 14.7. The van der Waals surface area contributed by atoms with Crippen LogP contribution in [0.3, 0.4) is 0 Å². The van der Waals surface area contributed by atoms with E-state index in [4.69, 9.17) is 0 Å². The average molecular weight is 386 g/mol. The van der Waals surface area contributed by atoms with Crippen LogP contribution in [0.15, 0.2) is 42.5 Å². The Morgan fingerprint density at radius 1 is 1.25 bits per heavy atom. The lowest BCUT2D eigenvalue weighted by Crippen LogP contribution is -2.07. The molecule has 1 unspecified atom stereocenters. The third-order valence-corrected chi connectivity index (χ3v) is 3.80. The molecular weight excluding hydrogens is 374 g/mol. The molecule has 0 saturated heterocycles. The van der Waals surface area contributed by atoms with E-state index < -0.39 is 4.92 Å². The van der Waals surface area contributed by atoms with E-state index in [-0.39, 0.29) is 17.5 Å². The molecule has 0 bridgehead atoms. The van der Waals surface area contributed by atoms with Crippen molar-refractivity contribution in [2.24, 2.45) is 0 Å². The number of hydrogen-bond acceptors (Lipinski definition) is 3. The van der Waals surface area contributed by atoms with Crippen LogP contribution in [-0.4, -0.2) is 4.92 Å². The van der Waals surface area contributed by atoms with E-state index in [1.807, 2.05) is 6.92 Å². The Bertz CT molecular complexity index is 632. The average Bonchev–Trinajstić information content (AvgIpc) is 2.41. The van der Waals surface area contributed by atoms with Crippen molar-refractivity contribution in [1.29, 1.82) is 0 Å². The SMILES string of the molecule is CC(Nc1ccc([N+](=O)[O-])cc1I)c1ccc(F)cc1. The minimum absolute atomic E-state index is 0.0226. The molecule has 1 atom stereocenters. The number of anilines is 1. The Hall–Kier alpha value is -1.70. The maximum absolute atomic E-state index is 12.9. The van der Waals surface area contributed by atoms with Crippen LogP contribution in [0, 0.1) is 19.5 Å². The van der Waals surface area contributed by atoms with Crippen molar-refractivity contribution in [3.8, 4) is 0 Å². The lowest BCUT2D eigenvalue weighted by molar-refractivity contribution is -0.384. The predicted octanol–water partition coefficient (Wildman–Crippen LogP) is 4.51. The second-order valence-electron chi connectivity index (χ2n) is 4.34. The number of nitro groups is 1. The molecule has 0 spiro atoms. The quantitative estimate of drug-likeness (QED) is 0.478. The number of nitro benzene ring substituents is 1. The summed E-state index contributed by atoms with van der Waals surface area (Å²) >= 11 is 2.05. The molecule has 0 aromatic heterocycles. The fourth-order valence-electron chi connectivity index (χ4n) is 1.80. The van der Waals surface area contributed by atoms with Crippen molar-refractivity contribution < 1.29 is 9.31 Å². The van der Waals surface area contributed by atoms with Crippen molar-refractivity contribution in [2.75, 3.05) is 5.32 Å². The lowest BCUT2D eigenvalue weighted by Gasteiger charge is -2.16. The van der Waals surface area contributed by atoms with E-state index in [1.165, 1.54) is 24.3 Å². The van der Waals surface area contributed by atoms with Crippen molar-refractivity contribution in [3.63, 3.8) is 0 Å². The molecule has 4 nitrogen and oxygen atoms in total. The van der Waals surface area contributed by atoms with Gasteiger partial charge >= 0.3 is 0 Å². The van der Waals surface area contributed by atoms with Crippen molar-refractivity contribution in [1.82, 2.24) is 0 Å². The molecule has 0 saturated carbocycles. The molecule has 0 aliphatic rings. The van der Waals surface area contributed by atoms with Gasteiger partial charge in [-0.05, 0) is 53.3 Å². The fraction of sp³-hybridized carbons (Fsp3) is 0.143. The minimum atomic E-state index is -0.421. The van der Waals surface area contributed by atoms with Crippen LogP contribution in [0.5, 0.6) is 0 Å². The third-order valence-electron chi connectivity index (χ3n) is 2.91. The Morgan fingerprint density at radius 2 is 1.90 bits per heavy atom. The lowest BCUT2D eigenvalue weighted by atomic mass is 10.1. The summed E-state index contributed by atoms with van der Waals surface area (Å²) < 4.78 is 13.6. The number of hydrogen-bond donors (Lipinski definition) is 1. The third kappa shape index (κ3) is 3.44. The molecule has 0 aliphatic heterocycles. The van der Waals surface area contributed by atoms with E-state index in [0.717, 1.165) is 14.8 Å². The van der Waals surface area contributed by atoms with Crippen molar-refractivity contribution >= 4 is 34.0 Å². The summed E-state index contributed by atoms with van der Waals surface area (Å²) in [6.45, 7) is 1.95. The number of nitrogens with zero attached hydrogens (tertiary/aromatic N) is 1. The summed E-state index contributed by atoms with van der Waals surface area (Å²) in [6.07, 6.45) is 0. The van der Waals surface area contributed by atoms with Gasteiger partial charge in [-0.1, -0.05) is 12.1 Å². The molecule has 2 aromatic rings.